The van der Waals surface area contributed by atoms with Crippen molar-refractivity contribution >= 4 is 0 Å². The van der Waals surface area contributed by atoms with Crippen LogP contribution in [-0.2, 0) is 0 Å². The van der Waals surface area contributed by atoms with E-state index < -0.39 is 0 Å². The van der Waals surface area contributed by atoms with Crippen LogP contribution in [0.3, 0.4) is 0 Å². The molecule has 1 saturated heterocycles. The molecule has 1 unspecified atom stereocenters. The molecule has 1 aliphatic heterocycles. The molecule has 13 heavy (non-hydrogen) atoms. The zero-order chi connectivity index (χ0) is 10.2. The van der Waals surface area contributed by atoms with Crippen LogP contribution in [0.5, 0.6) is 0 Å². The minimum absolute atomic E-state index is 0.440. The molecule has 1 heterocycles. The number of rotatable bonds is 1. The third-order valence-electron chi connectivity index (χ3n) is 3.21. The van der Waals surface area contributed by atoms with E-state index in [1.807, 2.05) is 0 Å². The summed E-state index contributed by atoms with van der Waals surface area (Å²) in [5.74, 6) is 0.881. The van der Waals surface area contributed by atoms with Gasteiger partial charge in [-0.3, -0.25) is 4.90 Å². The molecule has 78 valence electrons. The zero-order valence-corrected chi connectivity index (χ0v) is 10.1. The smallest absolute Gasteiger partial charge is 0.0150 e. The largest absolute Gasteiger partial charge is 0.297 e. The van der Waals surface area contributed by atoms with Crippen molar-refractivity contribution in [1.82, 2.24) is 4.90 Å². The van der Waals surface area contributed by atoms with Gasteiger partial charge in [-0.05, 0) is 31.6 Å². The summed E-state index contributed by atoms with van der Waals surface area (Å²) in [7, 11) is 0. The van der Waals surface area contributed by atoms with Crippen LogP contribution in [0.2, 0.25) is 0 Å². The van der Waals surface area contributed by atoms with Gasteiger partial charge in [0.2, 0.25) is 0 Å². The molecule has 0 N–H and O–H groups in total. The van der Waals surface area contributed by atoms with E-state index >= 15 is 0 Å². The second kappa shape index (κ2) is 3.61. The lowest BCUT2D eigenvalue weighted by molar-refractivity contribution is 0.111. The first-order valence-corrected chi connectivity index (χ1v) is 5.58. The van der Waals surface area contributed by atoms with E-state index in [0.29, 0.717) is 11.5 Å². The SMILES string of the molecule is CC1C[C@@H](C(C)(C)C)N(C(C)C)C1. The molecule has 0 amide bonds. The second-order valence-electron chi connectivity index (χ2n) is 6.01. The van der Waals surface area contributed by atoms with Crippen molar-refractivity contribution in [1.29, 1.82) is 0 Å². The number of likely N-dealkylation sites (tertiary alicyclic amines) is 1. The minimum Gasteiger partial charge on any atom is -0.297 e. The Bertz CT molecular complexity index is 166. The van der Waals surface area contributed by atoms with Crippen molar-refractivity contribution in [2.75, 3.05) is 6.54 Å². The fraction of sp³-hybridized carbons (Fsp3) is 1.00. The average Bonchev–Trinajstić information content (AvgIpc) is 2.29. The summed E-state index contributed by atoms with van der Waals surface area (Å²) in [4.78, 5) is 2.67. The van der Waals surface area contributed by atoms with E-state index in [4.69, 9.17) is 0 Å². The van der Waals surface area contributed by atoms with Crippen LogP contribution in [0.1, 0.15) is 48.0 Å². The summed E-state index contributed by atoms with van der Waals surface area (Å²) in [5.41, 5.74) is 0.440. The van der Waals surface area contributed by atoms with E-state index in [1.54, 1.807) is 0 Å². The normalized spacial score (nSPS) is 31.6. The molecule has 0 aliphatic carbocycles. The van der Waals surface area contributed by atoms with Gasteiger partial charge in [0.05, 0.1) is 0 Å². The monoisotopic (exact) mass is 183 g/mol. The van der Waals surface area contributed by atoms with E-state index in [0.717, 1.165) is 12.0 Å². The van der Waals surface area contributed by atoms with E-state index in [-0.39, 0.29) is 0 Å². The van der Waals surface area contributed by atoms with Gasteiger partial charge in [-0.25, -0.2) is 0 Å². The molecule has 0 aromatic rings. The van der Waals surface area contributed by atoms with Crippen molar-refractivity contribution in [3.63, 3.8) is 0 Å². The van der Waals surface area contributed by atoms with Gasteiger partial charge in [0.1, 0.15) is 0 Å². The van der Waals surface area contributed by atoms with Crippen LogP contribution in [0.4, 0.5) is 0 Å². The third kappa shape index (κ3) is 2.46. The fourth-order valence-electron chi connectivity index (χ4n) is 2.50. The summed E-state index contributed by atoms with van der Waals surface area (Å²) >= 11 is 0. The highest BCUT2D eigenvalue weighted by molar-refractivity contribution is 4.92. The maximum Gasteiger partial charge on any atom is 0.0150 e. The Kier molecular flexibility index (Phi) is 3.06. The molecule has 1 rings (SSSR count). The molecular formula is C12H25N. The van der Waals surface area contributed by atoms with Gasteiger partial charge in [-0.2, -0.15) is 0 Å². The van der Waals surface area contributed by atoms with Gasteiger partial charge in [0.15, 0.2) is 0 Å². The average molecular weight is 183 g/mol. The Morgan fingerprint density at radius 1 is 1.23 bits per heavy atom. The lowest BCUT2D eigenvalue weighted by atomic mass is 9.83. The number of nitrogens with zero attached hydrogens (tertiary/aromatic N) is 1. The molecular weight excluding hydrogens is 158 g/mol. The van der Waals surface area contributed by atoms with Gasteiger partial charge in [-0.1, -0.05) is 27.7 Å². The van der Waals surface area contributed by atoms with Crippen LogP contribution < -0.4 is 0 Å². The molecule has 0 bridgehead atoms. The highest BCUT2D eigenvalue weighted by Crippen LogP contribution is 2.36. The highest BCUT2D eigenvalue weighted by Gasteiger charge is 2.38. The summed E-state index contributed by atoms with van der Waals surface area (Å²) in [6, 6.07) is 1.48. The van der Waals surface area contributed by atoms with Crippen molar-refractivity contribution in [2.24, 2.45) is 11.3 Å². The van der Waals surface area contributed by atoms with Crippen LogP contribution in [0.15, 0.2) is 0 Å². The van der Waals surface area contributed by atoms with E-state index in [1.165, 1.54) is 13.0 Å². The maximum absolute atomic E-state index is 2.67. The molecule has 0 saturated carbocycles. The molecule has 1 nitrogen and oxygen atoms in total. The summed E-state index contributed by atoms with van der Waals surface area (Å²) in [5, 5.41) is 0. The second-order valence-corrected chi connectivity index (χ2v) is 6.01. The number of hydrogen-bond acceptors (Lipinski definition) is 1. The third-order valence-corrected chi connectivity index (χ3v) is 3.21. The molecule has 1 fully saturated rings. The minimum atomic E-state index is 0.440. The molecule has 2 atom stereocenters. The molecule has 0 radical (unpaired) electrons. The Morgan fingerprint density at radius 2 is 1.77 bits per heavy atom. The molecule has 1 aliphatic rings. The van der Waals surface area contributed by atoms with Gasteiger partial charge >= 0.3 is 0 Å². The van der Waals surface area contributed by atoms with Gasteiger partial charge in [0, 0.05) is 18.6 Å². The van der Waals surface area contributed by atoms with Crippen LogP contribution in [0.25, 0.3) is 0 Å². The first kappa shape index (κ1) is 11.0. The first-order valence-electron chi connectivity index (χ1n) is 5.58. The lowest BCUT2D eigenvalue weighted by Crippen LogP contribution is -2.43. The maximum atomic E-state index is 2.67. The van der Waals surface area contributed by atoms with Crippen molar-refractivity contribution in [3.8, 4) is 0 Å². The van der Waals surface area contributed by atoms with Crippen molar-refractivity contribution in [3.05, 3.63) is 0 Å². The van der Waals surface area contributed by atoms with Gasteiger partial charge < -0.3 is 0 Å². The molecule has 0 spiro atoms. The predicted octanol–water partition coefficient (Wildman–Crippen LogP) is 3.15. The van der Waals surface area contributed by atoms with Crippen LogP contribution in [0, 0.1) is 11.3 Å². The van der Waals surface area contributed by atoms with Gasteiger partial charge in [0.25, 0.3) is 0 Å². The summed E-state index contributed by atoms with van der Waals surface area (Å²) in [6.07, 6.45) is 1.38. The van der Waals surface area contributed by atoms with Crippen LogP contribution >= 0.6 is 0 Å². The van der Waals surface area contributed by atoms with E-state index in [2.05, 4.69) is 46.4 Å². The summed E-state index contributed by atoms with van der Waals surface area (Å²) in [6.45, 7) is 15.4. The Hall–Kier alpha value is -0.0400. The first-order chi connectivity index (χ1) is 5.82. The quantitative estimate of drug-likeness (QED) is 0.603. The molecule has 0 aromatic carbocycles. The fourth-order valence-corrected chi connectivity index (χ4v) is 2.50. The van der Waals surface area contributed by atoms with Crippen molar-refractivity contribution in [2.45, 2.75) is 60.0 Å². The zero-order valence-electron chi connectivity index (χ0n) is 10.1. The van der Waals surface area contributed by atoms with Gasteiger partial charge in [-0.15, -0.1) is 0 Å². The Labute approximate surface area is 83.5 Å². The predicted molar refractivity (Wildman–Crippen MR) is 58.9 cm³/mol. The topological polar surface area (TPSA) is 3.24 Å². The highest BCUT2D eigenvalue weighted by atomic mass is 15.2. The van der Waals surface area contributed by atoms with Crippen LogP contribution in [-0.4, -0.2) is 23.5 Å². The summed E-state index contributed by atoms with van der Waals surface area (Å²) < 4.78 is 0. The Balaban J connectivity index is 2.72. The lowest BCUT2D eigenvalue weighted by Gasteiger charge is -2.37. The van der Waals surface area contributed by atoms with E-state index in [9.17, 15) is 0 Å². The Morgan fingerprint density at radius 3 is 2.08 bits per heavy atom. The number of hydrogen-bond donors (Lipinski definition) is 0. The standard InChI is InChI=1S/C12H25N/c1-9(2)13-8-10(3)7-11(13)12(4,5)6/h9-11H,7-8H2,1-6H3/t10?,11-/m0/s1. The van der Waals surface area contributed by atoms with Crippen molar-refractivity contribution < 1.29 is 0 Å². The molecule has 0 aromatic heterocycles. The molecule has 1 heteroatoms.